The fourth-order valence-corrected chi connectivity index (χ4v) is 3.03. The van der Waals surface area contributed by atoms with Gasteiger partial charge < -0.3 is 24.4 Å². The van der Waals surface area contributed by atoms with Crippen molar-refractivity contribution in [3.63, 3.8) is 0 Å². The molecular formula is C21H20F12O6. The molecule has 0 spiro atoms. The quantitative estimate of drug-likeness (QED) is 0.222. The van der Waals surface area contributed by atoms with E-state index >= 15 is 0 Å². The van der Waals surface area contributed by atoms with Crippen molar-refractivity contribution in [2.45, 2.75) is 75.2 Å². The predicted octanol–water partition coefficient (Wildman–Crippen LogP) is 5.87. The second kappa shape index (κ2) is 11.9. The van der Waals surface area contributed by atoms with E-state index in [1.807, 2.05) is 0 Å². The van der Waals surface area contributed by atoms with Crippen LogP contribution in [0.5, 0.6) is 0 Å². The van der Waals surface area contributed by atoms with Gasteiger partial charge in [0.15, 0.2) is 12.6 Å². The fourth-order valence-electron chi connectivity index (χ4n) is 3.03. The molecule has 0 bridgehead atoms. The lowest BCUT2D eigenvalue weighted by molar-refractivity contribution is -0.416. The topological polar surface area (TPSA) is 85.2 Å². The van der Waals surface area contributed by atoms with Crippen LogP contribution in [0.15, 0.2) is 36.6 Å². The molecule has 0 amide bonds. The van der Waals surface area contributed by atoms with Crippen molar-refractivity contribution in [1.29, 1.82) is 0 Å². The van der Waals surface area contributed by atoms with Gasteiger partial charge in [-0.1, -0.05) is 32.0 Å². The Bertz CT molecular complexity index is 906. The van der Waals surface area contributed by atoms with Gasteiger partial charge in [0.05, 0.1) is 6.08 Å². The number of carbonyl (C=O) groups is 1. The molecule has 18 heteroatoms. The smallest absolute Gasteiger partial charge is 0.430 e. The molecular weight excluding hydrogens is 576 g/mol. The molecule has 2 rings (SSSR count). The van der Waals surface area contributed by atoms with Crippen LogP contribution in [-0.4, -0.2) is 53.5 Å². The number of carbonyl (C=O) groups excluding carboxylic acids is 1. The van der Waals surface area contributed by atoms with Crippen molar-refractivity contribution in [3.8, 4) is 0 Å². The van der Waals surface area contributed by atoms with Crippen molar-refractivity contribution in [2.24, 2.45) is 0 Å². The van der Waals surface area contributed by atoms with Crippen molar-refractivity contribution in [1.82, 2.24) is 0 Å². The fraction of sp³-hybridized carbons (Fsp3) is 0.571. The van der Waals surface area contributed by atoms with E-state index in [2.05, 4.69) is 14.2 Å². The van der Waals surface area contributed by atoms with E-state index in [0.717, 1.165) is 13.8 Å². The van der Waals surface area contributed by atoms with E-state index in [9.17, 15) is 67.7 Å². The first-order chi connectivity index (χ1) is 17.5. The van der Waals surface area contributed by atoms with Gasteiger partial charge in [0.2, 0.25) is 0 Å². The largest absolute Gasteiger partial charge is 0.431 e. The number of alkyl halides is 12. The third kappa shape index (κ3) is 6.96. The van der Waals surface area contributed by atoms with Crippen LogP contribution in [0.2, 0.25) is 0 Å². The number of rotatable bonds is 8. The van der Waals surface area contributed by atoms with Crippen LogP contribution in [0.1, 0.15) is 37.8 Å². The van der Waals surface area contributed by atoms with Crippen molar-refractivity contribution in [2.75, 3.05) is 0 Å². The molecule has 0 aliphatic carbocycles. The van der Waals surface area contributed by atoms with Gasteiger partial charge in [0.25, 0.3) is 11.2 Å². The Morgan fingerprint density at radius 2 is 1.00 bits per heavy atom. The summed E-state index contributed by atoms with van der Waals surface area (Å²) in [4.78, 5) is 9.59. The molecule has 1 heterocycles. The molecule has 2 unspecified atom stereocenters. The van der Waals surface area contributed by atoms with Crippen molar-refractivity contribution < 1.29 is 81.9 Å². The number of cyclic esters (lactones) is 1. The molecule has 0 aromatic heterocycles. The first-order valence-electron chi connectivity index (χ1n) is 10.5. The second-order valence-electron chi connectivity index (χ2n) is 7.64. The van der Waals surface area contributed by atoms with E-state index in [-0.39, 0.29) is 24.2 Å². The zero-order chi connectivity index (χ0) is 30.7. The first kappa shape index (κ1) is 34.5. The van der Waals surface area contributed by atoms with E-state index in [1.165, 1.54) is 12.3 Å². The molecule has 1 aromatic carbocycles. The summed E-state index contributed by atoms with van der Waals surface area (Å²) in [5.41, 5.74) is -15.5. The van der Waals surface area contributed by atoms with E-state index < -0.39 is 78.5 Å². The van der Waals surface area contributed by atoms with Gasteiger partial charge in [0, 0.05) is 11.1 Å². The van der Waals surface area contributed by atoms with E-state index in [0.29, 0.717) is 0 Å². The maximum absolute atomic E-state index is 13.7. The molecule has 2 atom stereocenters. The monoisotopic (exact) mass is 596 g/mol. The van der Waals surface area contributed by atoms with Gasteiger partial charge in [-0.3, -0.25) is 0 Å². The number of benzene rings is 1. The van der Waals surface area contributed by atoms with Gasteiger partial charge in [-0.15, -0.1) is 0 Å². The van der Waals surface area contributed by atoms with Crippen LogP contribution >= 0.6 is 0 Å². The molecule has 6 nitrogen and oxygen atoms in total. The Morgan fingerprint density at radius 1 is 0.718 bits per heavy atom. The Kier molecular flexibility index (Phi) is 10.5. The molecule has 0 saturated carbocycles. The molecule has 1 aliphatic rings. The number of hydrogen-bond acceptors (Lipinski definition) is 6. The number of aliphatic hydroxyl groups excluding tert-OH is 2. The second-order valence-corrected chi connectivity index (χ2v) is 7.64. The Morgan fingerprint density at radius 3 is 1.18 bits per heavy atom. The molecule has 224 valence electrons. The lowest BCUT2D eigenvalue weighted by atomic mass is 9.85. The van der Waals surface area contributed by atoms with E-state index in [1.54, 1.807) is 0 Å². The summed E-state index contributed by atoms with van der Waals surface area (Å²) < 4.78 is 177. The highest BCUT2D eigenvalue weighted by Crippen LogP contribution is 2.57. The molecule has 0 fully saturated rings. The Balaban J connectivity index is 0.00000135. The minimum absolute atomic E-state index is 0.0620. The SMILES string of the molecule is CCC(O)OC(c1cccc(C(OC(O)CC)(C(F)(F)F)C(F)(F)F)c1)(C(F)(F)F)C(F)(F)F.O=C1C=CO1. The van der Waals surface area contributed by atoms with Crippen LogP contribution in [-0.2, 0) is 30.2 Å². The standard InChI is InChI=1S/C18H18F12O4.C3H2O2/c1-3-11(31)33-13(15(19,20)21,16(22,23)24)9-6-5-7-10(8-9)14(17(25,26)27,18(28,29)30)34-12(32)4-2;4-3-1-2-5-3/h5-8,11-12,31-32H,3-4H2,1-2H3;1-2H. The van der Waals surface area contributed by atoms with E-state index in [4.69, 9.17) is 0 Å². The first-order valence-corrected chi connectivity index (χ1v) is 10.5. The highest BCUT2D eigenvalue weighted by atomic mass is 19.4. The van der Waals surface area contributed by atoms with Crippen LogP contribution < -0.4 is 0 Å². The lowest BCUT2D eigenvalue weighted by Gasteiger charge is -2.41. The maximum atomic E-state index is 13.7. The minimum Gasteiger partial charge on any atom is -0.431 e. The van der Waals surface area contributed by atoms with Crippen LogP contribution in [0.4, 0.5) is 52.7 Å². The molecule has 2 N–H and O–H groups in total. The average molecular weight is 596 g/mol. The maximum Gasteiger partial charge on any atom is 0.430 e. The summed E-state index contributed by atoms with van der Waals surface area (Å²) in [7, 11) is 0. The van der Waals surface area contributed by atoms with Crippen LogP contribution in [0.25, 0.3) is 0 Å². The predicted molar refractivity (Wildman–Crippen MR) is 104 cm³/mol. The molecule has 0 radical (unpaired) electrons. The van der Waals surface area contributed by atoms with Crippen molar-refractivity contribution in [3.05, 3.63) is 47.7 Å². The van der Waals surface area contributed by atoms with Gasteiger partial charge >= 0.3 is 30.7 Å². The zero-order valence-corrected chi connectivity index (χ0v) is 19.6. The molecule has 1 aromatic rings. The summed E-state index contributed by atoms with van der Waals surface area (Å²) in [6.45, 7) is 1.80. The minimum atomic E-state index is -6.51. The zero-order valence-electron chi connectivity index (χ0n) is 19.6. The van der Waals surface area contributed by atoms with Crippen molar-refractivity contribution >= 4 is 5.97 Å². The highest BCUT2D eigenvalue weighted by molar-refractivity contribution is 5.86. The summed E-state index contributed by atoms with van der Waals surface area (Å²) in [5.74, 6) is -0.245. The van der Waals surface area contributed by atoms with Crippen LogP contribution in [0, 0.1) is 0 Å². The average Bonchev–Trinajstić information content (AvgIpc) is 2.76. The van der Waals surface area contributed by atoms with Crippen LogP contribution in [0.3, 0.4) is 0 Å². The third-order valence-corrected chi connectivity index (χ3v) is 4.98. The molecule has 1 aliphatic heterocycles. The third-order valence-electron chi connectivity index (χ3n) is 4.98. The van der Waals surface area contributed by atoms with Gasteiger partial charge in [-0.2, -0.15) is 52.7 Å². The number of ether oxygens (including phenoxy) is 3. The number of hydrogen-bond donors (Lipinski definition) is 2. The normalized spacial score (nSPS) is 16.6. The molecule has 0 saturated heterocycles. The van der Waals surface area contributed by atoms with Gasteiger partial charge in [-0.25, -0.2) is 4.79 Å². The summed E-state index contributed by atoms with van der Waals surface area (Å²) >= 11 is 0. The number of aliphatic hydroxyl groups is 2. The lowest BCUT2D eigenvalue weighted by Crippen LogP contribution is -2.59. The molecule has 39 heavy (non-hydrogen) atoms. The summed E-state index contributed by atoms with van der Waals surface area (Å²) in [6, 6.07) is -0.763. The summed E-state index contributed by atoms with van der Waals surface area (Å²) in [5, 5.41) is 18.8. The van der Waals surface area contributed by atoms with Gasteiger partial charge in [-0.05, 0) is 18.9 Å². The number of halogens is 12. The Hall–Kier alpha value is -2.57. The Labute approximate surface area is 211 Å². The number of esters is 1. The van der Waals surface area contributed by atoms with Gasteiger partial charge in [0.1, 0.15) is 6.26 Å². The highest BCUT2D eigenvalue weighted by Gasteiger charge is 2.76. The summed E-state index contributed by atoms with van der Waals surface area (Å²) in [6.07, 6.45) is -30.6.